The van der Waals surface area contributed by atoms with Crippen LogP contribution in [0.5, 0.6) is 0 Å². The summed E-state index contributed by atoms with van der Waals surface area (Å²) < 4.78 is 2.27. The van der Waals surface area contributed by atoms with Gasteiger partial charge in [-0.3, -0.25) is 0 Å². The van der Waals surface area contributed by atoms with E-state index in [9.17, 15) is 0 Å². The van der Waals surface area contributed by atoms with Gasteiger partial charge in [0, 0.05) is 28.9 Å². The van der Waals surface area contributed by atoms with E-state index in [2.05, 4.69) is 63.7 Å². The van der Waals surface area contributed by atoms with Crippen molar-refractivity contribution < 1.29 is 0 Å². The van der Waals surface area contributed by atoms with E-state index >= 15 is 0 Å². The number of fused-ring (bicyclic) bond motifs is 3. The molecule has 0 radical (unpaired) electrons. The zero-order valence-corrected chi connectivity index (χ0v) is 9.91. The molecule has 1 heterocycles. The van der Waals surface area contributed by atoms with Gasteiger partial charge in [-0.05, 0) is 12.1 Å². The van der Waals surface area contributed by atoms with Crippen LogP contribution in [0.15, 0.2) is 36.4 Å². The molecule has 0 N–H and O–H groups in total. The predicted molar refractivity (Wildman–Crippen MR) is 76.8 cm³/mol. The molecule has 2 aromatic carbocycles. The first-order chi connectivity index (χ1) is 7.66. The van der Waals surface area contributed by atoms with Crippen molar-refractivity contribution in [2.75, 3.05) is 0 Å². The number of aromatic nitrogens is 1. The zero-order chi connectivity index (χ0) is 11.3. The molecule has 1 nitrogen and oxygen atoms in total. The van der Waals surface area contributed by atoms with E-state index < -0.39 is 0 Å². The highest BCUT2D eigenvalue weighted by Crippen LogP contribution is 2.25. The van der Waals surface area contributed by atoms with Crippen LogP contribution in [0.3, 0.4) is 0 Å². The Labute approximate surface area is 96.9 Å². The third-order valence-electron chi connectivity index (χ3n) is 3.32. The molecule has 0 bridgehead atoms. The summed E-state index contributed by atoms with van der Waals surface area (Å²) in [5.41, 5.74) is 5.26. The summed E-state index contributed by atoms with van der Waals surface area (Å²) in [5.74, 6) is 0. The third-order valence-corrected chi connectivity index (χ3v) is 3.32. The summed E-state index contributed by atoms with van der Waals surface area (Å²) in [6, 6.07) is 13.3. The molecule has 0 saturated heterocycles. The zero-order valence-electron chi connectivity index (χ0n) is 9.91. The number of rotatable bonds is 0. The normalized spacial score (nSPS) is 11.3. The number of hydrogen-bond acceptors (Lipinski definition) is 0. The van der Waals surface area contributed by atoms with Crippen molar-refractivity contribution in [1.29, 1.82) is 0 Å². The maximum absolute atomic E-state index is 2.27. The lowest BCUT2D eigenvalue weighted by molar-refractivity contribution is 1.01. The van der Waals surface area contributed by atoms with Gasteiger partial charge in [-0.1, -0.05) is 35.2 Å². The minimum absolute atomic E-state index is 1.31. The first-order valence-electron chi connectivity index (χ1n) is 5.62. The maximum atomic E-state index is 2.27. The van der Waals surface area contributed by atoms with Crippen LogP contribution in [0.2, 0.25) is 0 Å². The van der Waals surface area contributed by atoms with Crippen molar-refractivity contribution in [3.05, 3.63) is 36.4 Å². The highest BCUT2D eigenvalue weighted by Gasteiger charge is 2.07. The molecule has 3 aromatic rings. The summed E-state index contributed by atoms with van der Waals surface area (Å²) in [6.07, 6.45) is 0. The van der Waals surface area contributed by atoms with Gasteiger partial charge in [0.25, 0.3) is 0 Å². The molecule has 76 valence electrons. The van der Waals surface area contributed by atoms with E-state index in [1.165, 1.54) is 32.7 Å². The molecule has 0 aliphatic heterocycles. The lowest BCUT2D eigenvalue weighted by Crippen LogP contribution is -2.00. The van der Waals surface area contributed by atoms with E-state index in [-0.39, 0.29) is 0 Å². The second-order valence-corrected chi connectivity index (χ2v) is 4.60. The van der Waals surface area contributed by atoms with Crippen LogP contribution in [0.25, 0.3) is 21.8 Å². The minimum Gasteiger partial charge on any atom is -0.344 e. The molecule has 0 aliphatic rings. The Kier molecular flexibility index (Phi) is 1.90. The van der Waals surface area contributed by atoms with Crippen molar-refractivity contribution >= 4 is 48.4 Å². The first-order valence-corrected chi connectivity index (χ1v) is 5.62. The van der Waals surface area contributed by atoms with Gasteiger partial charge in [0.15, 0.2) is 0 Å². The van der Waals surface area contributed by atoms with Crippen LogP contribution in [-0.2, 0) is 7.05 Å². The van der Waals surface area contributed by atoms with E-state index in [1.54, 1.807) is 0 Å². The molecule has 3 heteroatoms. The molecule has 0 saturated carbocycles. The molecule has 0 fully saturated rings. The SMILES string of the molecule is Bc1ccc2c(c1)c1cc(B)ccc1n2C. The molecule has 0 unspecified atom stereocenters. The Hall–Kier alpha value is -1.63. The maximum Gasteiger partial charge on any atom is 0.139 e. The van der Waals surface area contributed by atoms with Crippen molar-refractivity contribution in [3.8, 4) is 0 Å². The molecule has 1 aromatic heterocycles. The Morgan fingerprint density at radius 3 is 1.69 bits per heavy atom. The molecule has 0 spiro atoms. The third kappa shape index (κ3) is 1.21. The van der Waals surface area contributed by atoms with E-state index in [1.807, 2.05) is 0 Å². The summed E-state index contributed by atoms with van der Waals surface area (Å²) in [6.45, 7) is 0. The smallest absolute Gasteiger partial charge is 0.139 e. The van der Waals surface area contributed by atoms with E-state index in [4.69, 9.17) is 0 Å². The highest BCUT2D eigenvalue weighted by molar-refractivity contribution is 6.35. The second kappa shape index (κ2) is 3.18. The van der Waals surface area contributed by atoms with Crippen LogP contribution >= 0.6 is 0 Å². The number of benzene rings is 2. The van der Waals surface area contributed by atoms with Crippen LogP contribution in [0.1, 0.15) is 0 Å². The lowest BCUT2D eigenvalue weighted by atomic mass is 9.92. The van der Waals surface area contributed by atoms with Crippen molar-refractivity contribution in [1.82, 2.24) is 4.57 Å². The largest absolute Gasteiger partial charge is 0.344 e. The molecule has 16 heavy (non-hydrogen) atoms. The Morgan fingerprint density at radius 2 is 1.25 bits per heavy atom. The summed E-state index contributed by atoms with van der Waals surface area (Å²) >= 11 is 0. The standard InChI is InChI=1S/C13H13B2N/c1-16-12-4-2-8(14)6-10(12)11-7-9(15)3-5-13(11)16/h2-7H,14-15H2,1H3. The van der Waals surface area contributed by atoms with Gasteiger partial charge in [0.05, 0.1) is 0 Å². The summed E-state index contributed by atoms with van der Waals surface area (Å²) in [4.78, 5) is 0. The Morgan fingerprint density at radius 1 is 0.812 bits per heavy atom. The average molecular weight is 205 g/mol. The van der Waals surface area contributed by atoms with Crippen LogP contribution in [0.4, 0.5) is 0 Å². The topological polar surface area (TPSA) is 4.93 Å². The first kappa shape index (κ1) is 9.59. The van der Waals surface area contributed by atoms with Crippen LogP contribution in [-0.4, -0.2) is 20.3 Å². The highest BCUT2D eigenvalue weighted by atomic mass is 14.9. The van der Waals surface area contributed by atoms with Gasteiger partial charge >= 0.3 is 0 Å². The lowest BCUT2D eigenvalue weighted by Gasteiger charge is -1.97. The fourth-order valence-electron chi connectivity index (χ4n) is 2.45. The van der Waals surface area contributed by atoms with Crippen LogP contribution in [0, 0.1) is 0 Å². The second-order valence-electron chi connectivity index (χ2n) is 4.60. The van der Waals surface area contributed by atoms with Gasteiger partial charge in [0.2, 0.25) is 0 Å². The number of nitrogens with zero attached hydrogens (tertiary/aromatic N) is 1. The van der Waals surface area contributed by atoms with Crippen LogP contribution < -0.4 is 10.9 Å². The van der Waals surface area contributed by atoms with E-state index in [0.717, 1.165) is 0 Å². The molecular formula is C13H13B2N. The average Bonchev–Trinajstić information content (AvgIpc) is 2.52. The van der Waals surface area contributed by atoms with Gasteiger partial charge in [-0.25, -0.2) is 0 Å². The van der Waals surface area contributed by atoms with Gasteiger partial charge in [-0.15, -0.1) is 0 Å². The van der Waals surface area contributed by atoms with Crippen molar-refractivity contribution in [2.24, 2.45) is 7.05 Å². The van der Waals surface area contributed by atoms with Crippen molar-refractivity contribution in [3.63, 3.8) is 0 Å². The van der Waals surface area contributed by atoms with Gasteiger partial charge in [0.1, 0.15) is 15.7 Å². The fraction of sp³-hybridized carbons (Fsp3) is 0.0769. The molecular weight excluding hydrogens is 192 g/mol. The molecule has 3 rings (SSSR count). The quantitative estimate of drug-likeness (QED) is 0.449. The van der Waals surface area contributed by atoms with E-state index in [0.29, 0.717) is 0 Å². The molecule has 0 atom stereocenters. The number of aryl methyl sites for hydroxylation is 1. The monoisotopic (exact) mass is 205 g/mol. The fourth-order valence-corrected chi connectivity index (χ4v) is 2.45. The summed E-state index contributed by atoms with van der Waals surface area (Å²) in [7, 11) is 6.43. The molecule has 0 amide bonds. The number of hydrogen-bond donors (Lipinski definition) is 0. The van der Waals surface area contributed by atoms with Crippen molar-refractivity contribution in [2.45, 2.75) is 0 Å². The Bertz CT molecular complexity index is 639. The summed E-state index contributed by atoms with van der Waals surface area (Å²) in [5, 5.41) is 2.72. The molecule has 0 aliphatic carbocycles. The van der Waals surface area contributed by atoms with Gasteiger partial charge < -0.3 is 4.57 Å². The Balaban J connectivity index is 2.60. The minimum atomic E-state index is 1.31. The van der Waals surface area contributed by atoms with Gasteiger partial charge in [-0.2, -0.15) is 0 Å². The predicted octanol–water partition coefficient (Wildman–Crippen LogP) is -0.152.